The maximum Gasteiger partial charge on any atom is 0.0953 e. The van der Waals surface area contributed by atoms with E-state index in [4.69, 9.17) is 10.5 Å². The summed E-state index contributed by atoms with van der Waals surface area (Å²) in [5.74, 6) is 0. The first kappa shape index (κ1) is 14.3. The number of hydrogen-bond donors (Lipinski definition) is 1. The molecule has 0 radical (unpaired) electrons. The Bertz CT molecular complexity index is 573. The number of hydrogen-bond acceptors (Lipinski definition) is 3. The topological polar surface area (TPSA) is 53.1 Å². The Kier molecular flexibility index (Phi) is 4.08. The Morgan fingerprint density at radius 1 is 1.29 bits per heavy atom. The molecular weight excluding hydrogens is 262 g/mol. The van der Waals surface area contributed by atoms with Crippen LogP contribution in [0.25, 0.3) is 0 Å². The summed E-state index contributed by atoms with van der Waals surface area (Å²) < 4.78 is 7.76. The van der Waals surface area contributed by atoms with Gasteiger partial charge in [0, 0.05) is 24.9 Å². The smallest absolute Gasteiger partial charge is 0.0953 e. The van der Waals surface area contributed by atoms with Gasteiger partial charge in [-0.2, -0.15) is 0 Å². The first-order valence-electron chi connectivity index (χ1n) is 7.59. The number of rotatable bonds is 4. The van der Waals surface area contributed by atoms with Gasteiger partial charge in [-0.1, -0.05) is 30.3 Å². The highest BCUT2D eigenvalue weighted by atomic mass is 16.5. The molecule has 1 aliphatic rings. The molecule has 0 amide bonds. The van der Waals surface area contributed by atoms with Gasteiger partial charge in [-0.05, 0) is 31.7 Å². The largest absolute Gasteiger partial charge is 0.381 e. The van der Waals surface area contributed by atoms with Gasteiger partial charge in [0.2, 0.25) is 0 Å². The molecule has 0 bridgehead atoms. The molecule has 0 unspecified atom stereocenters. The van der Waals surface area contributed by atoms with E-state index in [9.17, 15) is 0 Å². The third-order valence-corrected chi connectivity index (χ3v) is 4.50. The Hall–Kier alpha value is -1.65. The molecule has 4 heteroatoms. The van der Waals surface area contributed by atoms with Gasteiger partial charge in [-0.25, -0.2) is 4.98 Å². The van der Waals surface area contributed by atoms with E-state index in [-0.39, 0.29) is 11.6 Å². The highest BCUT2D eigenvalue weighted by Crippen LogP contribution is 2.31. The molecule has 1 fully saturated rings. The van der Waals surface area contributed by atoms with Crippen molar-refractivity contribution in [2.75, 3.05) is 13.2 Å². The first-order chi connectivity index (χ1) is 10.2. The van der Waals surface area contributed by atoms with E-state index in [1.165, 1.54) is 5.56 Å². The van der Waals surface area contributed by atoms with Crippen LogP contribution in [0.4, 0.5) is 0 Å². The zero-order valence-electron chi connectivity index (χ0n) is 12.5. The van der Waals surface area contributed by atoms with Gasteiger partial charge in [0.1, 0.15) is 0 Å². The third kappa shape index (κ3) is 3.01. The molecule has 1 aromatic heterocycles. The van der Waals surface area contributed by atoms with Crippen molar-refractivity contribution in [1.82, 2.24) is 9.55 Å². The Balaban J connectivity index is 1.81. The summed E-state index contributed by atoms with van der Waals surface area (Å²) in [6.07, 6.45) is 6.68. The molecule has 4 nitrogen and oxygen atoms in total. The lowest BCUT2D eigenvalue weighted by molar-refractivity contribution is 0.0279. The summed E-state index contributed by atoms with van der Waals surface area (Å²) in [7, 11) is 0. The van der Waals surface area contributed by atoms with E-state index >= 15 is 0 Å². The molecule has 3 rings (SSSR count). The maximum atomic E-state index is 6.45. The molecular formula is C17H23N3O. The fourth-order valence-electron chi connectivity index (χ4n) is 3.06. The molecule has 0 saturated carbocycles. The van der Waals surface area contributed by atoms with Gasteiger partial charge in [0.15, 0.2) is 0 Å². The number of nitrogens with two attached hydrogens (primary N) is 1. The third-order valence-electron chi connectivity index (χ3n) is 4.50. The van der Waals surface area contributed by atoms with Crippen molar-refractivity contribution in [3.05, 3.63) is 54.1 Å². The average molecular weight is 285 g/mol. The lowest BCUT2D eigenvalue weighted by Gasteiger charge is -2.37. The van der Waals surface area contributed by atoms with Gasteiger partial charge in [-0.15, -0.1) is 0 Å². The van der Waals surface area contributed by atoms with Crippen LogP contribution in [-0.4, -0.2) is 22.8 Å². The highest BCUT2D eigenvalue weighted by Gasteiger charge is 2.31. The molecule has 112 valence electrons. The zero-order valence-corrected chi connectivity index (χ0v) is 12.5. The second kappa shape index (κ2) is 6.00. The molecule has 1 atom stereocenters. The molecule has 21 heavy (non-hydrogen) atoms. The zero-order chi connectivity index (χ0) is 14.7. The summed E-state index contributed by atoms with van der Waals surface area (Å²) in [6.45, 7) is 3.89. The lowest BCUT2D eigenvalue weighted by Crippen LogP contribution is -2.38. The van der Waals surface area contributed by atoms with E-state index in [2.05, 4.69) is 40.7 Å². The van der Waals surface area contributed by atoms with Crippen LogP contribution in [0, 0.1) is 0 Å². The van der Waals surface area contributed by atoms with Gasteiger partial charge in [0.05, 0.1) is 18.1 Å². The quantitative estimate of drug-likeness (QED) is 0.939. The molecule has 1 aliphatic heterocycles. The van der Waals surface area contributed by atoms with Crippen molar-refractivity contribution in [1.29, 1.82) is 0 Å². The van der Waals surface area contributed by atoms with Crippen molar-refractivity contribution in [2.24, 2.45) is 5.73 Å². The fraction of sp³-hybridized carbons (Fsp3) is 0.471. The summed E-state index contributed by atoms with van der Waals surface area (Å²) in [6, 6.07) is 10.4. The van der Waals surface area contributed by atoms with Crippen molar-refractivity contribution in [2.45, 2.75) is 37.8 Å². The van der Waals surface area contributed by atoms with Crippen molar-refractivity contribution in [3.8, 4) is 0 Å². The average Bonchev–Trinajstić information content (AvgIpc) is 2.99. The molecule has 1 saturated heterocycles. The van der Waals surface area contributed by atoms with Crippen LogP contribution in [0.15, 0.2) is 42.9 Å². The molecule has 2 heterocycles. The number of imidazole rings is 1. The van der Waals surface area contributed by atoms with E-state index < -0.39 is 0 Å². The Labute approximate surface area is 125 Å². The van der Waals surface area contributed by atoms with Crippen molar-refractivity contribution in [3.63, 3.8) is 0 Å². The van der Waals surface area contributed by atoms with Crippen LogP contribution in [-0.2, 0) is 16.7 Å². The van der Waals surface area contributed by atoms with Gasteiger partial charge >= 0.3 is 0 Å². The maximum absolute atomic E-state index is 6.45. The lowest BCUT2D eigenvalue weighted by atomic mass is 9.91. The van der Waals surface area contributed by atoms with Crippen molar-refractivity contribution >= 4 is 0 Å². The molecule has 2 N–H and O–H groups in total. The van der Waals surface area contributed by atoms with Gasteiger partial charge in [0.25, 0.3) is 0 Å². The van der Waals surface area contributed by atoms with Crippen LogP contribution < -0.4 is 5.73 Å². The van der Waals surface area contributed by atoms with Gasteiger partial charge in [-0.3, -0.25) is 0 Å². The summed E-state index contributed by atoms with van der Waals surface area (Å²) in [5, 5.41) is 0. The predicted octanol–water partition coefficient (Wildman–Crippen LogP) is 2.65. The second-order valence-corrected chi connectivity index (χ2v) is 6.09. The minimum atomic E-state index is -0.0328. The number of nitrogens with zero attached hydrogens (tertiary/aromatic N) is 2. The van der Waals surface area contributed by atoms with Crippen LogP contribution in [0.5, 0.6) is 0 Å². The fourth-order valence-corrected chi connectivity index (χ4v) is 3.06. The van der Waals surface area contributed by atoms with Crippen LogP contribution >= 0.6 is 0 Å². The van der Waals surface area contributed by atoms with Crippen LogP contribution in [0.1, 0.15) is 37.1 Å². The molecule has 2 aromatic rings. The normalized spacial score (nSPS) is 19.3. The summed E-state index contributed by atoms with van der Waals surface area (Å²) in [4.78, 5) is 4.35. The van der Waals surface area contributed by atoms with Crippen LogP contribution in [0.3, 0.4) is 0 Å². The number of ether oxygens (including phenoxy) is 1. The van der Waals surface area contributed by atoms with E-state index in [0.717, 1.165) is 38.2 Å². The Morgan fingerprint density at radius 3 is 2.71 bits per heavy atom. The van der Waals surface area contributed by atoms with E-state index in [0.29, 0.717) is 0 Å². The minimum absolute atomic E-state index is 0.0328. The highest BCUT2D eigenvalue weighted by molar-refractivity contribution is 5.19. The number of aromatic nitrogens is 2. The standard InChI is InChI=1S/C17H23N3O/c1-17(7-9-21-10-8-17)20-13-19-12-16(20)15(18)11-14-5-3-2-4-6-14/h2-6,12-13,15H,7-11,18H2,1H3/t15-/m1/s1. The summed E-state index contributed by atoms with van der Waals surface area (Å²) in [5.41, 5.74) is 8.89. The molecule has 0 spiro atoms. The Morgan fingerprint density at radius 2 is 2.00 bits per heavy atom. The molecule has 1 aromatic carbocycles. The predicted molar refractivity (Wildman–Crippen MR) is 83.0 cm³/mol. The SMILES string of the molecule is CC1(n2cncc2[C@H](N)Cc2ccccc2)CCOCC1. The number of benzene rings is 1. The van der Waals surface area contributed by atoms with E-state index in [1.54, 1.807) is 0 Å². The van der Waals surface area contributed by atoms with Crippen LogP contribution in [0.2, 0.25) is 0 Å². The van der Waals surface area contributed by atoms with Gasteiger partial charge < -0.3 is 15.0 Å². The second-order valence-electron chi connectivity index (χ2n) is 6.09. The van der Waals surface area contributed by atoms with Crippen molar-refractivity contribution < 1.29 is 4.74 Å². The minimum Gasteiger partial charge on any atom is -0.381 e. The van der Waals surface area contributed by atoms with E-state index in [1.807, 2.05) is 18.6 Å². The monoisotopic (exact) mass is 285 g/mol. The summed E-state index contributed by atoms with van der Waals surface area (Å²) >= 11 is 0. The molecule has 0 aliphatic carbocycles. The first-order valence-corrected chi connectivity index (χ1v) is 7.59.